The monoisotopic (exact) mass is 541 g/mol. The predicted molar refractivity (Wildman–Crippen MR) is 142 cm³/mol. The number of urea groups is 1. The van der Waals surface area contributed by atoms with E-state index in [1.54, 1.807) is 16.7 Å². The van der Waals surface area contributed by atoms with E-state index in [0.29, 0.717) is 22.9 Å². The van der Waals surface area contributed by atoms with Crippen LogP contribution in [0.2, 0.25) is 5.02 Å². The number of carbonyl (C=O) groups excluding carboxylic acids is 2. The molecule has 2 aliphatic rings. The first-order chi connectivity index (χ1) is 18.2. The molecular weight excluding hydrogens is 510 g/mol. The Bertz CT molecular complexity index is 1320. The predicted octanol–water partition coefficient (Wildman–Crippen LogP) is 2.63. The van der Waals surface area contributed by atoms with Gasteiger partial charge in [-0.25, -0.2) is 4.79 Å². The molecule has 38 heavy (non-hydrogen) atoms. The second-order valence-corrected chi connectivity index (χ2v) is 10.6. The van der Waals surface area contributed by atoms with Crippen molar-refractivity contribution in [3.8, 4) is 0 Å². The van der Waals surface area contributed by atoms with Gasteiger partial charge in [-0.05, 0) is 60.9 Å². The van der Waals surface area contributed by atoms with Crippen LogP contribution in [0.15, 0.2) is 48.7 Å². The van der Waals surface area contributed by atoms with Crippen molar-refractivity contribution >= 4 is 34.3 Å². The number of fused-ring (bicyclic) bond motifs is 1. The first-order valence-corrected chi connectivity index (χ1v) is 13.2. The number of hydrogen-bond donors (Lipinski definition) is 5. The lowest BCUT2D eigenvalue weighted by Crippen LogP contribution is -2.58. The van der Waals surface area contributed by atoms with Gasteiger partial charge in [0.2, 0.25) is 0 Å². The van der Waals surface area contributed by atoms with Gasteiger partial charge < -0.3 is 35.3 Å². The number of aliphatic hydroxyl groups is 3. The molecule has 2 fully saturated rings. The van der Waals surface area contributed by atoms with Crippen LogP contribution in [0.4, 0.5) is 4.79 Å². The van der Waals surface area contributed by atoms with Gasteiger partial charge in [-0.1, -0.05) is 41.9 Å². The SMILES string of the molecule is CC(=O)CNC(=O)NC[C@H]1O[C@@H](n2cc(Cc3ccc(C4CC4)cc3)c3c(Cl)cccc32)[C@H](O)[C@@H](O)[C@@H]1O. The molecule has 2 aromatic carbocycles. The highest BCUT2D eigenvalue weighted by molar-refractivity contribution is 6.35. The lowest BCUT2D eigenvalue weighted by atomic mass is 9.97. The molecule has 1 saturated carbocycles. The van der Waals surface area contributed by atoms with E-state index in [1.807, 2.05) is 12.3 Å². The minimum absolute atomic E-state index is 0.133. The van der Waals surface area contributed by atoms with Gasteiger partial charge in [0.25, 0.3) is 0 Å². The van der Waals surface area contributed by atoms with Gasteiger partial charge in [0.1, 0.15) is 30.2 Å². The molecule has 5 atom stereocenters. The van der Waals surface area contributed by atoms with Crippen molar-refractivity contribution < 1.29 is 29.6 Å². The van der Waals surface area contributed by atoms with E-state index in [2.05, 4.69) is 34.9 Å². The maximum Gasteiger partial charge on any atom is 0.315 e. The van der Waals surface area contributed by atoms with Crippen molar-refractivity contribution in [3.05, 3.63) is 70.4 Å². The zero-order valence-corrected chi connectivity index (χ0v) is 21.8. The van der Waals surface area contributed by atoms with Crippen LogP contribution in [-0.2, 0) is 16.0 Å². The number of ether oxygens (including phenoxy) is 1. The van der Waals surface area contributed by atoms with E-state index in [-0.39, 0.29) is 18.9 Å². The Morgan fingerprint density at radius 3 is 2.45 bits per heavy atom. The Balaban J connectivity index is 1.40. The summed E-state index contributed by atoms with van der Waals surface area (Å²) in [5.74, 6) is 0.468. The van der Waals surface area contributed by atoms with E-state index in [4.69, 9.17) is 16.3 Å². The first-order valence-electron chi connectivity index (χ1n) is 12.8. The number of aromatic nitrogens is 1. The maximum absolute atomic E-state index is 12.0. The van der Waals surface area contributed by atoms with E-state index >= 15 is 0 Å². The third-order valence-electron chi connectivity index (χ3n) is 7.23. The molecule has 0 radical (unpaired) electrons. The number of Topliss-reactive ketones (excluding diaryl/α,β-unsaturated/α-hetero) is 1. The van der Waals surface area contributed by atoms with Gasteiger partial charge in [0.05, 0.1) is 17.1 Å². The summed E-state index contributed by atoms with van der Waals surface area (Å²) >= 11 is 6.62. The summed E-state index contributed by atoms with van der Waals surface area (Å²) in [5.41, 5.74) is 4.11. The topological polar surface area (TPSA) is 133 Å². The second-order valence-electron chi connectivity index (χ2n) is 10.2. The summed E-state index contributed by atoms with van der Waals surface area (Å²) in [6.07, 6.45) is -1.52. The molecule has 5 N–H and O–H groups in total. The number of halogens is 1. The van der Waals surface area contributed by atoms with Crippen molar-refractivity contribution in [2.45, 2.75) is 62.7 Å². The average Bonchev–Trinajstić information content (AvgIpc) is 3.68. The Kier molecular flexibility index (Phi) is 7.74. The summed E-state index contributed by atoms with van der Waals surface area (Å²) in [6, 6.07) is 13.4. The molecule has 3 aromatic rings. The van der Waals surface area contributed by atoms with Crippen molar-refractivity contribution in [1.82, 2.24) is 15.2 Å². The van der Waals surface area contributed by atoms with Gasteiger partial charge in [-0.2, -0.15) is 0 Å². The molecular formula is C28H32ClN3O6. The Labute approximate surface area is 225 Å². The highest BCUT2D eigenvalue weighted by Crippen LogP contribution is 2.40. The summed E-state index contributed by atoms with van der Waals surface area (Å²) in [4.78, 5) is 23.1. The lowest BCUT2D eigenvalue weighted by Gasteiger charge is -2.41. The van der Waals surface area contributed by atoms with E-state index < -0.39 is 36.7 Å². The molecule has 10 heteroatoms. The molecule has 0 spiro atoms. The van der Waals surface area contributed by atoms with Crippen LogP contribution in [0.25, 0.3) is 10.9 Å². The first kappa shape index (κ1) is 26.6. The van der Waals surface area contributed by atoms with Crippen LogP contribution in [0, 0.1) is 0 Å². The van der Waals surface area contributed by atoms with Gasteiger partial charge in [0, 0.05) is 18.1 Å². The van der Waals surface area contributed by atoms with E-state index in [9.17, 15) is 24.9 Å². The number of ketones is 1. The normalized spacial score (nSPS) is 25.3. The fourth-order valence-electron chi connectivity index (χ4n) is 5.03. The van der Waals surface area contributed by atoms with E-state index in [1.165, 1.54) is 25.3 Å². The minimum Gasteiger partial charge on any atom is -0.388 e. The fraction of sp³-hybridized carbons (Fsp3) is 0.429. The van der Waals surface area contributed by atoms with Crippen molar-refractivity contribution in [3.63, 3.8) is 0 Å². The molecule has 5 rings (SSSR count). The summed E-state index contributed by atoms with van der Waals surface area (Å²) in [6.45, 7) is 1.07. The molecule has 0 unspecified atom stereocenters. The summed E-state index contributed by atoms with van der Waals surface area (Å²) in [7, 11) is 0. The number of amides is 2. The number of hydrogen-bond acceptors (Lipinski definition) is 6. The van der Waals surface area contributed by atoms with Crippen LogP contribution >= 0.6 is 11.6 Å². The molecule has 1 aliphatic carbocycles. The molecule has 202 valence electrons. The van der Waals surface area contributed by atoms with Gasteiger partial charge >= 0.3 is 6.03 Å². The highest BCUT2D eigenvalue weighted by Gasteiger charge is 2.45. The molecule has 2 heterocycles. The smallest absolute Gasteiger partial charge is 0.315 e. The van der Waals surface area contributed by atoms with Crippen LogP contribution in [0.5, 0.6) is 0 Å². The van der Waals surface area contributed by atoms with Crippen molar-refractivity contribution in [2.75, 3.05) is 13.1 Å². The minimum atomic E-state index is -1.52. The fourth-order valence-corrected chi connectivity index (χ4v) is 5.32. The zero-order valence-electron chi connectivity index (χ0n) is 21.0. The number of carbonyl (C=O) groups is 2. The van der Waals surface area contributed by atoms with Crippen LogP contribution < -0.4 is 10.6 Å². The van der Waals surface area contributed by atoms with Gasteiger partial charge in [-0.15, -0.1) is 0 Å². The average molecular weight is 542 g/mol. The van der Waals surface area contributed by atoms with Gasteiger partial charge in [0.15, 0.2) is 6.23 Å². The molecule has 2 amide bonds. The number of rotatable bonds is 8. The van der Waals surface area contributed by atoms with Crippen LogP contribution in [-0.4, -0.2) is 69.2 Å². The molecule has 1 aromatic heterocycles. The summed E-state index contributed by atoms with van der Waals surface area (Å²) < 4.78 is 7.77. The summed E-state index contributed by atoms with van der Waals surface area (Å²) in [5, 5.41) is 38.4. The number of nitrogens with zero attached hydrogens (tertiary/aromatic N) is 1. The zero-order chi connectivity index (χ0) is 27.0. The van der Waals surface area contributed by atoms with Gasteiger partial charge in [-0.3, -0.25) is 4.79 Å². The number of aliphatic hydroxyl groups excluding tert-OH is 3. The molecule has 9 nitrogen and oxygen atoms in total. The largest absolute Gasteiger partial charge is 0.388 e. The third kappa shape index (κ3) is 5.57. The molecule has 0 bridgehead atoms. The maximum atomic E-state index is 12.0. The molecule has 1 saturated heterocycles. The van der Waals surface area contributed by atoms with Crippen molar-refractivity contribution in [1.29, 1.82) is 0 Å². The quantitative estimate of drug-likeness (QED) is 0.298. The Hall–Kier alpha value is -2.95. The third-order valence-corrected chi connectivity index (χ3v) is 7.55. The number of nitrogens with one attached hydrogen (secondary N) is 2. The second kappa shape index (κ2) is 11.0. The number of benzene rings is 2. The Morgan fingerprint density at radius 1 is 1.03 bits per heavy atom. The highest BCUT2D eigenvalue weighted by atomic mass is 35.5. The molecule has 1 aliphatic heterocycles. The lowest BCUT2D eigenvalue weighted by molar-refractivity contribution is -0.241. The Morgan fingerprint density at radius 2 is 1.76 bits per heavy atom. The van der Waals surface area contributed by atoms with E-state index in [0.717, 1.165) is 16.5 Å². The van der Waals surface area contributed by atoms with Crippen molar-refractivity contribution in [2.24, 2.45) is 0 Å². The standard InChI is InChI=1S/C28H32ClN3O6/c1-15(33)12-30-28(37)31-13-22-24(34)25(35)26(36)27(38-22)32-14-19(23-20(29)3-2-4-21(23)32)11-16-5-7-17(8-6-16)18-9-10-18/h2-8,14,18,22,24-27,34-36H,9-13H2,1H3,(H2,30,31,37)/t22-,24-,25+,26-,27-/m1/s1. The van der Waals surface area contributed by atoms with Crippen LogP contribution in [0.3, 0.4) is 0 Å². The van der Waals surface area contributed by atoms with Crippen LogP contribution in [0.1, 0.15) is 48.6 Å².